The zero-order chi connectivity index (χ0) is 21.8. The molecule has 0 aromatic heterocycles. The third kappa shape index (κ3) is 12.1. The Morgan fingerprint density at radius 2 is 1.75 bits per heavy atom. The number of ether oxygens (including phenoxy) is 1. The number of unbranched alkanes of at least 4 members (excludes halogenated alkanes) is 1. The molecule has 1 N–H and O–H groups in total. The molecule has 2 rings (SSSR count). The van der Waals surface area contributed by atoms with E-state index in [9.17, 15) is 9.59 Å². The van der Waals surface area contributed by atoms with E-state index in [2.05, 4.69) is 31.1 Å². The highest BCUT2D eigenvalue weighted by molar-refractivity contribution is 5.76. The molecule has 0 aliphatic carbocycles. The molecule has 7 heteroatoms. The van der Waals surface area contributed by atoms with Crippen LogP contribution in [-0.2, 0) is 19.1 Å². The number of hydrogen-bond donors (Lipinski definition) is 1. The summed E-state index contributed by atoms with van der Waals surface area (Å²) in [6.07, 6.45) is 7.09. The van der Waals surface area contributed by atoms with Gasteiger partial charge in [0.15, 0.2) is 0 Å². The summed E-state index contributed by atoms with van der Waals surface area (Å²) in [4.78, 5) is 33.5. The van der Waals surface area contributed by atoms with Crippen LogP contribution in [0.5, 0.6) is 0 Å². The zero-order valence-electron chi connectivity index (χ0n) is 18.8. The van der Waals surface area contributed by atoms with Crippen LogP contribution in [0.4, 0.5) is 0 Å². The molecule has 0 spiro atoms. The van der Waals surface area contributed by atoms with E-state index in [-0.39, 0.29) is 5.60 Å². The van der Waals surface area contributed by atoms with Gasteiger partial charge < -0.3 is 24.6 Å². The standard InChI is InChI=1S/C9H18N2O2.C9H17NO.C2H6.CH2O/c1-3-9(6-11(2)7-9)13-5-4-10-8-12;1-2-3-6-9(11)10-7-4-5-8-10;2*1-2/h8H,3-7H2,1-2H3,(H,10,12);2-8H2,1H3;1-2H3;1H2. The summed E-state index contributed by atoms with van der Waals surface area (Å²) in [7, 11) is 2.08. The number of nitrogens with zero attached hydrogens (tertiary/aromatic N) is 2. The monoisotopic (exact) mass is 401 g/mol. The molecule has 0 aromatic carbocycles. The number of rotatable bonds is 9. The van der Waals surface area contributed by atoms with Gasteiger partial charge in [-0.3, -0.25) is 9.59 Å². The second-order valence-electron chi connectivity index (χ2n) is 6.82. The van der Waals surface area contributed by atoms with Gasteiger partial charge in [-0.2, -0.15) is 0 Å². The van der Waals surface area contributed by atoms with E-state index in [0.717, 1.165) is 51.9 Å². The largest absolute Gasteiger partial charge is 0.371 e. The van der Waals surface area contributed by atoms with E-state index in [4.69, 9.17) is 9.53 Å². The lowest BCUT2D eigenvalue weighted by molar-refractivity contribution is -0.137. The van der Waals surface area contributed by atoms with Gasteiger partial charge in [0.1, 0.15) is 6.79 Å². The van der Waals surface area contributed by atoms with Gasteiger partial charge in [-0.15, -0.1) is 0 Å². The second-order valence-corrected chi connectivity index (χ2v) is 6.82. The number of amides is 2. The van der Waals surface area contributed by atoms with Crippen LogP contribution in [0.15, 0.2) is 0 Å². The van der Waals surface area contributed by atoms with Gasteiger partial charge in [0.05, 0.1) is 12.2 Å². The molecule has 2 fully saturated rings. The summed E-state index contributed by atoms with van der Waals surface area (Å²) in [6.45, 7) is 15.5. The average Bonchev–Trinajstić information content (AvgIpc) is 3.26. The highest BCUT2D eigenvalue weighted by Crippen LogP contribution is 2.26. The van der Waals surface area contributed by atoms with Crippen LogP contribution in [0.1, 0.15) is 66.2 Å². The summed E-state index contributed by atoms with van der Waals surface area (Å²) < 4.78 is 5.72. The maximum Gasteiger partial charge on any atom is 0.222 e. The van der Waals surface area contributed by atoms with Gasteiger partial charge in [-0.05, 0) is 32.7 Å². The molecule has 28 heavy (non-hydrogen) atoms. The van der Waals surface area contributed by atoms with Crippen molar-refractivity contribution >= 4 is 19.1 Å². The van der Waals surface area contributed by atoms with Crippen molar-refractivity contribution in [3.63, 3.8) is 0 Å². The molecule has 2 heterocycles. The van der Waals surface area contributed by atoms with Crippen molar-refractivity contribution in [2.24, 2.45) is 0 Å². The van der Waals surface area contributed by atoms with Crippen molar-refractivity contribution in [2.75, 3.05) is 46.4 Å². The van der Waals surface area contributed by atoms with E-state index in [1.165, 1.54) is 12.8 Å². The van der Waals surface area contributed by atoms with Crippen LogP contribution in [0.2, 0.25) is 0 Å². The Morgan fingerprint density at radius 1 is 1.18 bits per heavy atom. The second kappa shape index (κ2) is 18.9. The molecule has 2 aliphatic heterocycles. The fourth-order valence-electron chi connectivity index (χ4n) is 3.19. The molecule has 0 bridgehead atoms. The van der Waals surface area contributed by atoms with Gasteiger partial charge in [-0.1, -0.05) is 34.1 Å². The van der Waals surface area contributed by atoms with E-state index in [0.29, 0.717) is 25.5 Å². The maximum absolute atomic E-state index is 11.3. The van der Waals surface area contributed by atoms with Crippen LogP contribution >= 0.6 is 0 Å². The molecule has 0 radical (unpaired) electrons. The predicted octanol–water partition coefficient (Wildman–Crippen LogP) is 2.48. The molecule has 0 unspecified atom stereocenters. The van der Waals surface area contributed by atoms with Crippen LogP contribution < -0.4 is 5.32 Å². The molecule has 2 saturated heterocycles. The number of likely N-dealkylation sites (N-methyl/N-ethyl adjacent to an activating group) is 1. The normalized spacial score (nSPS) is 16.8. The third-order valence-electron chi connectivity index (χ3n) is 4.70. The Morgan fingerprint density at radius 3 is 2.18 bits per heavy atom. The van der Waals surface area contributed by atoms with Gasteiger partial charge >= 0.3 is 0 Å². The quantitative estimate of drug-likeness (QED) is 0.474. The number of hydrogen-bond acceptors (Lipinski definition) is 5. The Hall–Kier alpha value is -1.47. The number of likely N-dealkylation sites (tertiary alicyclic amines) is 2. The topological polar surface area (TPSA) is 79.0 Å². The highest BCUT2D eigenvalue weighted by Gasteiger charge is 2.40. The average molecular weight is 402 g/mol. The molecule has 166 valence electrons. The lowest BCUT2D eigenvalue weighted by Crippen LogP contribution is -2.61. The minimum atomic E-state index is 0.0549. The SMILES string of the molecule is C=O.CC.CCC1(OCCNC=O)CN(C)C1.CCCCC(=O)N1CCCC1. The van der Waals surface area contributed by atoms with Crippen LogP contribution in [-0.4, -0.2) is 80.9 Å². The minimum Gasteiger partial charge on any atom is -0.371 e. The van der Waals surface area contributed by atoms with Crippen molar-refractivity contribution in [3.8, 4) is 0 Å². The van der Waals surface area contributed by atoms with E-state index >= 15 is 0 Å². The molecule has 2 amide bonds. The van der Waals surface area contributed by atoms with Crippen molar-refractivity contribution in [3.05, 3.63) is 0 Å². The lowest BCUT2D eigenvalue weighted by atomic mass is 9.92. The third-order valence-corrected chi connectivity index (χ3v) is 4.70. The molecule has 0 aromatic rings. The smallest absolute Gasteiger partial charge is 0.222 e. The first kappa shape index (κ1) is 28.7. The zero-order valence-corrected chi connectivity index (χ0v) is 18.8. The Balaban J connectivity index is 0. The van der Waals surface area contributed by atoms with Crippen molar-refractivity contribution in [1.29, 1.82) is 0 Å². The molecule has 0 atom stereocenters. The molecule has 0 saturated carbocycles. The fourth-order valence-corrected chi connectivity index (χ4v) is 3.19. The summed E-state index contributed by atoms with van der Waals surface area (Å²) >= 11 is 0. The number of carbonyl (C=O) groups is 3. The molecular formula is C21H43N3O4. The first-order chi connectivity index (χ1) is 13.6. The first-order valence-corrected chi connectivity index (χ1v) is 10.6. The van der Waals surface area contributed by atoms with Crippen molar-refractivity contribution in [1.82, 2.24) is 15.1 Å². The van der Waals surface area contributed by atoms with Gasteiger partial charge in [0, 0.05) is 39.1 Å². The fraction of sp³-hybridized carbons (Fsp3) is 0.857. The predicted molar refractivity (Wildman–Crippen MR) is 114 cm³/mol. The minimum absolute atomic E-state index is 0.0549. The Labute approximate surface area is 172 Å². The number of nitrogens with one attached hydrogen (secondary N) is 1. The molecule has 7 nitrogen and oxygen atoms in total. The Bertz CT molecular complexity index is 382. The first-order valence-electron chi connectivity index (χ1n) is 10.6. The van der Waals surface area contributed by atoms with Crippen LogP contribution in [0, 0.1) is 0 Å². The van der Waals surface area contributed by atoms with Crippen molar-refractivity contribution < 1.29 is 19.1 Å². The molecule has 2 aliphatic rings. The van der Waals surface area contributed by atoms with E-state index < -0.39 is 0 Å². The van der Waals surface area contributed by atoms with Crippen LogP contribution in [0.25, 0.3) is 0 Å². The van der Waals surface area contributed by atoms with E-state index in [1.807, 2.05) is 25.5 Å². The van der Waals surface area contributed by atoms with Gasteiger partial charge in [0.2, 0.25) is 12.3 Å². The van der Waals surface area contributed by atoms with Gasteiger partial charge in [0.25, 0.3) is 0 Å². The summed E-state index contributed by atoms with van der Waals surface area (Å²) in [5, 5.41) is 2.59. The highest BCUT2D eigenvalue weighted by atomic mass is 16.5. The maximum atomic E-state index is 11.3. The summed E-state index contributed by atoms with van der Waals surface area (Å²) in [5.74, 6) is 0.365. The number of carbonyl (C=O) groups excluding carboxylic acids is 3. The van der Waals surface area contributed by atoms with Gasteiger partial charge in [-0.25, -0.2) is 0 Å². The summed E-state index contributed by atoms with van der Waals surface area (Å²) in [6, 6.07) is 0. The molecular weight excluding hydrogens is 358 g/mol. The van der Waals surface area contributed by atoms with Crippen molar-refractivity contribution in [2.45, 2.75) is 71.8 Å². The van der Waals surface area contributed by atoms with Crippen LogP contribution in [0.3, 0.4) is 0 Å². The lowest BCUT2D eigenvalue weighted by Gasteiger charge is -2.47. The summed E-state index contributed by atoms with van der Waals surface area (Å²) in [5.41, 5.74) is 0.0549. The Kier molecular flexibility index (Phi) is 19.4. The van der Waals surface area contributed by atoms with E-state index in [1.54, 1.807) is 0 Å².